The van der Waals surface area contributed by atoms with E-state index in [2.05, 4.69) is 0 Å². The van der Waals surface area contributed by atoms with E-state index >= 15 is 17.6 Å². The molecule has 4 rings (SSSR count). The molecule has 0 aliphatic heterocycles. The lowest BCUT2D eigenvalue weighted by molar-refractivity contribution is -0.345. The molecule has 4 aromatic rings. The summed E-state index contributed by atoms with van der Waals surface area (Å²) >= 11 is 0.859. The highest BCUT2D eigenvalue weighted by Crippen LogP contribution is 2.54. The molecule has 0 radical (unpaired) electrons. The fraction of sp³-hybridized carbons (Fsp3) is 0.375. The van der Waals surface area contributed by atoms with Crippen molar-refractivity contribution in [2.75, 3.05) is 23.8 Å². The van der Waals surface area contributed by atoms with E-state index in [-0.39, 0.29) is 33.4 Å². The number of anilines is 2. The third-order valence-corrected chi connectivity index (χ3v) is 9.44. The van der Waals surface area contributed by atoms with Crippen LogP contribution in [0.5, 0.6) is 0 Å². The first kappa shape index (κ1) is 38.5. The molecule has 8 nitrogen and oxygen atoms in total. The monoisotopic (exact) mass is 752 g/mol. The Morgan fingerprint density at radius 3 is 1.28 bits per heavy atom. The number of carbonyl (C=O) groups excluding carboxylic acids is 4. The number of hydrogen-bond acceptors (Lipinski definition) is 8. The maximum absolute atomic E-state index is 15.0. The Labute approximate surface area is 286 Å². The normalized spacial score (nSPS) is 12.6. The van der Waals surface area contributed by atoms with Crippen LogP contribution in [-0.4, -0.2) is 60.7 Å². The number of hydrogen-bond donors (Lipinski definition) is 2. The summed E-state index contributed by atoms with van der Waals surface area (Å²) in [5, 5.41) is 1.04. The van der Waals surface area contributed by atoms with Crippen LogP contribution in [0.2, 0.25) is 0 Å². The Hall–Kier alpha value is -4.32. The molecule has 2 amide bonds. The van der Waals surface area contributed by atoms with Gasteiger partial charge in [0.25, 0.3) is 0 Å². The number of amides is 2. The van der Waals surface area contributed by atoms with Gasteiger partial charge in [-0.05, 0) is 25.0 Å². The minimum absolute atomic E-state index is 0.0350. The van der Waals surface area contributed by atoms with E-state index in [1.807, 2.05) is 0 Å². The van der Waals surface area contributed by atoms with E-state index in [4.69, 9.17) is 9.47 Å². The fourth-order valence-corrected chi connectivity index (χ4v) is 6.65. The smallest absolute Gasteiger partial charge is 0.393 e. The van der Waals surface area contributed by atoms with Gasteiger partial charge in [-0.25, -0.2) is 9.59 Å². The first-order valence-corrected chi connectivity index (χ1v) is 16.6. The number of halogens is 8. The summed E-state index contributed by atoms with van der Waals surface area (Å²) in [4.78, 5) is 50.6. The molecule has 2 N–H and O–H groups in total. The molecule has 0 bridgehead atoms. The number of ether oxygens (including phenoxy) is 2. The molecule has 270 valence electrons. The third kappa shape index (κ3) is 6.99. The summed E-state index contributed by atoms with van der Waals surface area (Å²) in [6.45, 7) is 3.23. The number of fused-ring (bicyclic) bond motifs is 2. The van der Waals surface area contributed by atoms with Gasteiger partial charge in [0, 0.05) is 20.2 Å². The van der Waals surface area contributed by atoms with E-state index in [1.165, 1.54) is 59.2 Å². The molecule has 2 aromatic carbocycles. The summed E-state index contributed by atoms with van der Waals surface area (Å²) in [7, 11) is 0. The van der Waals surface area contributed by atoms with E-state index in [0.717, 1.165) is 0 Å². The maximum Gasteiger partial charge on any atom is 0.393 e. The summed E-state index contributed by atoms with van der Waals surface area (Å²) < 4.78 is 130. The molecule has 2 heterocycles. The van der Waals surface area contributed by atoms with Gasteiger partial charge in [0.05, 0.1) is 13.2 Å². The van der Waals surface area contributed by atoms with E-state index in [0.29, 0.717) is 48.4 Å². The van der Waals surface area contributed by atoms with Crippen molar-refractivity contribution < 1.29 is 63.8 Å². The summed E-state index contributed by atoms with van der Waals surface area (Å²) in [5.41, 5.74) is -1.11. The van der Waals surface area contributed by atoms with Crippen LogP contribution in [0.15, 0.2) is 48.5 Å². The molecule has 0 aliphatic rings. The molecule has 0 saturated heterocycles. The lowest BCUT2D eigenvalue weighted by Crippen LogP contribution is -2.67. The van der Waals surface area contributed by atoms with Crippen LogP contribution in [0, 0.1) is 0 Å². The fourth-order valence-electron chi connectivity index (χ4n) is 4.48. The van der Waals surface area contributed by atoms with Crippen molar-refractivity contribution in [2.45, 2.75) is 63.2 Å². The van der Waals surface area contributed by atoms with Gasteiger partial charge in [0.2, 0.25) is 0 Å². The maximum atomic E-state index is 15.0. The SMILES string of the molecule is CCCCOC(=O)c1c(NC(=O)C(F)(F)C(F)(F)C(F)(F)C(F)(F)C(=O)Nc2sc3ccccc3c2C(=O)OCCCC)sc2ccccc12. The molecular weight excluding hydrogens is 724 g/mol. The second kappa shape index (κ2) is 14.9. The van der Waals surface area contributed by atoms with Gasteiger partial charge >= 0.3 is 47.4 Å². The topological polar surface area (TPSA) is 111 Å². The molecule has 0 atom stereocenters. The van der Waals surface area contributed by atoms with E-state index in [1.54, 1.807) is 13.8 Å². The minimum Gasteiger partial charge on any atom is -0.462 e. The van der Waals surface area contributed by atoms with Gasteiger partial charge in [-0.1, -0.05) is 63.1 Å². The number of benzene rings is 2. The van der Waals surface area contributed by atoms with Gasteiger partial charge in [-0.15, -0.1) is 22.7 Å². The van der Waals surface area contributed by atoms with Crippen molar-refractivity contribution in [3.8, 4) is 0 Å². The highest BCUT2D eigenvalue weighted by atomic mass is 32.1. The largest absolute Gasteiger partial charge is 0.462 e. The second-order valence-corrected chi connectivity index (χ2v) is 12.9. The van der Waals surface area contributed by atoms with Gasteiger partial charge in [0.15, 0.2) is 0 Å². The standard InChI is InChI=1S/C32H28F8N2O6S2/c1-3-5-15-47-25(43)21-17-11-7-9-13-19(17)49-23(21)41-27(45)29(33,34)31(37,38)32(39,40)30(35,36)28(46)42-24-22(26(44)48-16-6-4-2)18-12-8-10-14-20(18)50-24/h7-14H,3-6,15-16H2,1-2H3,(H,41,45)(H,42,46). The molecule has 0 spiro atoms. The van der Waals surface area contributed by atoms with Gasteiger partial charge < -0.3 is 20.1 Å². The predicted molar refractivity (Wildman–Crippen MR) is 171 cm³/mol. The Morgan fingerprint density at radius 2 is 0.940 bits per heavy atom. The predicted octanol–water partition coefficient (Wildman–Crippen LogP) is 9.15. The van der Waals surface area contributed by atoms with Crippen LogP contribution in [0.25, 0.3) is 20.2 Å². The first-order valence-electron chi connectivity index (χ1n) is 14.9. The van der Waals surface area contributed by atoms with Crippen molar-refractivity contribution in [2.24, 2.45) is 0 Å². The average Bonchev–Trinajstić information content (AvgIpc) is 3.62. The zero-order chi connectivity index (χ0) is 37.1. The molecule has 0 fully saturated rings. The van der Waals surface area contributed by atoms with Gasteiger partial charge in [-0.3, -0.25) is 9.59 Å². The lowest BCUT2D eigenvalue weighted by Gasteiger charge is -2.35. The van der Waals surface area contributed by atoms with Crippen LogP contribution in [0.4, 0.5) is 45.1 Å². The molecule has 0 unspecified atom stereocenters. The molecule has 18 heteroatoms. The number of nitrogens with one attached hydrogen (secondary N) is 2. The molecular formula is C32H28F8N2O6S2. The summed E-state index contributed by atoms with van der Waals surface area (Å²) in [6.07, 6.45) is 1.92. The molecule has 0 saturated carbocycles. The molecule has 2 aromatic heterocycles. The zero-order valence-corrected chi connectivity index (χ0v) is 27.8. The molecule has 50 heavy (non-hydrogen) atoms. The Balaban J connectivity index is 1.63. The van der Waals surface area contributed by atoms with E-state index < -0.39 is 68.6 Å². The summed E-state index contributed by atoms with van der Waals surface area (Å²) in [6, 6.07) is 11.1. The van der Waals surface area contributed by atoms with Crippen LogP contribution in [-0.2, 0) is 19.1 Å². The lowest BCUT2D eigenvalue weighted by atomic mass is 9.97. The Bertz CT molecular complexity index is 1770. The van der Waals surface area contributed by atoms with E-state index in [9.17, 15) is 36.7 Å². The van der Waals surface area contributed by atoms with Crippen LogP contribution in [0.1, 0.15) is 60.2 Å². The second-order valence-electron chi connectivity index (χ2n) is 10.8. The van der Waals surface area contributed by atoms with Crippen molar-refractivity contribution in [1.29, 1.82) is 0 Å². The van der Waals surface area contributed by atoms with Gasteiger partial charge in [-0.2, -0.15) is 35.1 Å². The van der Waals surface area contributed by atoms with Crippen molar-refractivity contribution in [1.82, 2.24) is 0 Å². The number of thiophene rings is 2. The quantitative estimate of drug-likeness (QED) is 0.0712. The highest BCUT2D eigenvalue weighted by molar-refractivity contribution is 7.24. The number of unbranched alkanes of at least 4 members (excludes halogenated alkanes) is 2. The number of esters is 2. The Kier molecular flexibility index (Phi) is 11.5. The van der Waals surface area contributed by atoms with Crippen LogP contribution in [0.3, 0.4) is 0 Å². The average molecular weight is 753 g/mol. The van der Waals surface area contributed by atoms with Crippen LogP contribution < -0.4 is 10.6 Å². The Morgan fingerprint density at radius 1 is 0.600 bits per heavy atom. The van der Waals surface area contributed by atoms with Gasteiger partial charge in [0.1, 0.15) is 21.1 Å². The van der Waals surface area contributed by atoms with Crippen molar-refractivity contribution in [3.05, 3.63) is 59.7 Å². The summed E-state index contributed by atoms with van der Waals surface area (Å²) in [5.74, 6) is -36.3. The molecule has 0 aliphatic carbocycles. The van der Waals surface area contributed by atoms with Crippen molar-refractivity contribution >= 4 is 76.6 Å². The first-order chi connectivity index (χ1) is 23.4. The zero-order valence-electron chi connectivity index (χ0n) is 26.2. The number of rotatable bonds is 15. The number of carbonyl (C=O) groups is 4. The number of alkyl halides is 8. The minimum atomic E-state index is -7.20. The van der Waals surface area contributed by atoms with Crippen LogP contribution >= 0.6 is 22.7 Å². The highest BCUT2D eigenvalue weighted by Gasteiger charge is 2.84. The third-order valence-electron chi connectivity index (χ3n) is 7.27. The van der Waals surface area contributed by atoms with Crippen molar-refractivity contribution in [3.63, 3.8) is 0 Å².